The molecule has 4 atom stereocenters. The molecule has 0 aliphatic carbocycles. The van der Waals surface area contributed by atoms with Gasteiger partial charge in [0, 0.05) is 54.5 Å². The Morgan fingerprint density at radius 1 is 0.395 bits per heavy atom. The summed E-state index contributed by atoms with van der Waals surface area (Å²) in [7, 11) is 5.75. The summed E-state index contributed by atoms with van der Waals surface area (Å²) < 4.78 is 76.4. The number of aliphatic carboxylic acids is 1. The molecule has 0 spiro atoms. The molecule has 0 rings (SSSR count). The third-order valence-electron chi connectivity index (χ3n) is 8.60. The van der Waals surface area contributed by atoms with Gasteiger partial charge < -0.3 is 96.8 Å². The second-order valence-corrected chi connectivity index (χ2v) is 16.7. The number of nitrogens with two attached hydrogens (primary N) is 1. The first-order chi connectivity index (χ1) is 38.5. The molecule has 31 nitrogen and oxygen atoms in total. The van der Waals surface area contributed by atoms with Crippen LogP contribution in [0.25, 0.3) is 0 Å². The number of aliphatic hydroxyl groups is 2. The van der Waals surface area contributed by atoms with E-state index < -0.39 is 61.0 Å². The first kappa shape index (κ1) is 81.1. The summed E-state index contributed by atoms with van der Waals surface area (Å²) in [6.07, 6.45) is -0.817. The topological polar surface area (TPSA) is 422 Å². The van der Waals surface area contributed by atoms with Gasteiger partial charge in [0.15, 0.2) is 61.8 Å². The normalized spacial score (nSPS) is 11.6. The van der Waals surface area contributed by atoms with Crippen LogP contribution in [0.3, 0.4) is 0 Å². The highest BCUT2D eigenvalue weighted by molar-refractivity contribution is 5.80. The van der Waals surface area contributed by atoms with Crippen LogP contribution in [-0.2, 0) is 105 Å². The lowest BCUT2D eigenvalue weighted by Crippen LogP contribution is -2.30. The maximum absolute atomic E-state index is 11.7. The molecule has 0 radical (unpaired) electrons. The van der Waals surface area contributed by atoms with Gasteiger partial charge in [-0.3, -0.25) is 28.8 Å². The van der Waals surface area contributed by atoms with Crippen molar-refractivity contribution >= 4 is 65.8 Å². The number of ether oxygens (including phenoxy) is 16. The van der Waals surface area contributed by atoms with E-state index in [9.17, 15) is 52.7 Å². The summed E-state index contributed by atoms with van der Waals surface area (Å²) >= 11 is 0. The number of methoxy groups -OCH3 is 4. The molecular weight excluding hydrogens is 1090 g/mol. The molecule has 31 heteroatoms. The highest BCUT2D eigenvalue weighted by Crippen LogP contribution is 2.08. The zero-order chi connectivity index (χ0) is 62.1. The molecule has 4 unspecified atom stereocenters. The van der Waals surface area contributed by atoms with E-state index in [1.165, 1.54) is 49.0 Å². The van der Waals surface area contributed by atoms with Crippen molar-refractivity contribution in [3.63, 3.8) is 0 Å². The Morgan fingerprint density at radius 2 is 0.778 bits per heavy atom. The average molecular weight is 1180 g/mol. The first-order valence-electron chi connectivity index (χ1n) is 25.5. The third-order valence-corrected chi connectivity index (χ3v) is 8.60. The molecule has 0 aliphatic heterocycles. The molecule has 472 valence electrons. The van der Waals surface area contributed by atoms with E-state index in [0.29, 0.717) is 51.9 Å². The number of hydrogen-bond donors (Lipinski definition) is 4. The van der Waals surface area contributed by atoms with Crippen molar-refractivity contribution in [3.05, 3.63) is 0 Å². The van der Waals surface area contributed by atoms with Gasteiger partial charge in [-0.1, -0.05) is 19.3 Å². The lowest BCUT2D eigenvalue weighted by atomic mass is 10.1. The number of unbranched alkanes of at least 4 members (excludes halogenated alkanes) is 6. The number of carboxylic acids is 1. The van der Waals surface area contributed by atoms with Crippen LogP contribution in [0.1, 0.15) is 98.3 Å². The number of rotatable bonds is 43. The van der Waals surface area contributed by atoms with Gasteiger partial charge >= 0.3 is 42.7 Å². The molecule has 81 heavy (non-hydrogen) atoms. The Balaban J connectivity index is -0.000000495. The maximum Gasteiger partial charge on any atom is 0.508 e. The number of carboxylic acid groups (broad SMARTS) is 1. The Labute approximate surface area is 471 Å². The molecule has 5 N–H and O–H groups in total. The Morgan fingerprint density at radius 3 is 1.20 bits per heavy atom. The predicted octanol–water partition coefficient (Wildman–Crippen LogP) is 3.01. The second kappa shape index (κ2) is 58.3. The van der Waals surface area contributed by atoms with Crippen LogP contribution in [-0.4, -0.2) is 240 Å². The third kappa shape index (κ3) is 66.1. The number of carbonyl (C=O) groups is 11. The number of carbonyl (C=O) groups excluding carboxylic acids is 10. The van der Waals surface area contributed by atoms with Crippen LogP contribution in [0, 0.1) is 0 Å². The van der Waals surface area contributed by atoms with Crippen molar-refractivity contribution in [1.29, 1.82) is 0 Å². The summed E-state index contributed by atoms with van der Waals surface area (Å²) in [6, 6.07) is 0. The van der Waals surface area contributed by atoms with Crippen LogP contribution in [0.4, 0.5) is 24.0 Å². The lowest BCUT2D eigenvalue weighted by molar-refractivity contribution is -0.154. The van der Waals surface area contributed by atoms with Crippen molar-refractivity contribution < 1.29 is 144 Å². The zero-order valence-electron chi connectivity index (χ0n) is 47.8. The van der Waals surface area contributed by atoms with Crippen molar-refractivity contribution in [1.82, 2.24) is 0 Å². The minimum atomic E-state index is -1.05. The van der Waals surface area contributed by atoms with E-state index in [2.05, 4.69) is 28.4 Å². The van der Waals surface area contributed by atoms with Crippen LogP contribution in [0.5, 0.6) is 0 Å². The number of ketones is 4. The summed E-state index contributed by atoms with van der Waals surface area (Å²) in [6.45, 7) is 4.86. The molecule has 0 aromatic heterocycles. The predicted molar refractivity (Wildman–Crippen MR) is 276 cm³/mol. The van der Waals surface area contributed by atoms with E-state index in [0.717, 1.165) is 25.7 Å². The second-order valence-electron chi connectivity index (χ2n) is 16.7. The Bertz CT molecular complexity index is 1710. The van der Waals surface area contributed by atoms with Crippen molar-refractivity contribution in [2.24, 2.45) is 5.73 Å². The van der Waals surface area contributed by atoms with Crippen LogP contribution in [0.2, 0.25) is 0 Å². The Kier molecular flexibility index (Phi) is 58.4. The molecule has 0 heterocycles. The fourth-order valence-electron chi connectivity index (χ4n) is 4.99. The van der Waals surface area contributed by atoms with Gasteiger partial charge in [0.1, 0.15) is 38.6 Å². The highest BCUT2D eigenvalue weighted by atomic mass is 16.8. The largest absolute Gasteiger partial charge is 0.508 e. The van der Waals surface area contributed by atoms with Gasteiger partial charge in [-0.05, 0) is 72.8 Å². The van der Waals surface area contributed by atoms with E-state index in [1.807, 2.05) is 0 Å². The molecular formula is C50H87NO30. The molecule has 0 aromatic rings. The fourth-order valence-corrected chi connectivity index (χ4v) is 4.99. The maximum atomic E-state index is 11.7. The first-order valence-corrected chi connectivity index (χ1v) is 25.5. The molecule has 0 saturated carbocycles. The molecule has 0 aromatic carbocycles. The quantitative estimate of drug-likeness (QED) is 0.0387. The molecule has 0 aliphatic rings. The van der Waals surface area contributed by atoms with Gasteiger partial charge in [-0.2, -0.15) is 0 Å². The SMILES string of the molecule is COCC(COC(=O)OCC(C)=O)OC(=O)CCCCCC(=O)O.COCC(COC(=O)OCC(C)=O)OC(=O)OCCCCO.COCC(COC(=O)OCC(C)=O)OCCCCCCN.COCC(O)COC(=O)OCC(C)=O. The smallest absolute Gasteiger partial charge is 0.481 e. The van der Waals surface area contributed by atoms with Gasteiger partial charge in [-0.15, -0.1) is 0 Å². The van der Waals surface area contributed by atoms with Gasteiger partial charge in [0.05, 0.1) is 33.0 Å². The number of Topliss-reactive ketones (excluding diaryl/α,β-unsaturated/α-hetero) is 4. The fraction of sp³-hybridized carbons (Fsp3) is 0.780. The molecule has 0 amide bonds. The van der Waals surface area contributed by atoms with Crippen LogP contribution in [0.15, 0.2) is 0 Å². The lowest BCUT2D eigenvalue weighted by Gasteiger charge is -2.17. The van der Waals surface area contributed by atoms with E-state index in [-0.39, 0.29) is 128 Å². The number of esters is 1. The number of hydrogen-bond acceptors (Lipinski definition) is 30. The van der Waals surface area contributed by atoms with Crippen molar-refractivity contribution in [2.75, 3.05) is 134 Å². The summed E-state index contributed by atoms with van der Waals surface area (Å²) in [5, 5.41) is 26.1. The molecule has 0 fully saturated rings. The Hall–Kier alpha value is -6.35. The van der Waals surface area contributed by atoms with Gasteiger partial charge in [-0.25, -0.2) is 24.0 Å². The van der Waals surface area contributed by atoms with E-state index >= 15 is 0 Å². The van der Waals surface area contributed by atoms with Gasteiger partial charge in [0.25, 0.3) is 0 Å². The minimum absolute atomic E-state index is 0.00821. The zero-order valence-corrected chi connectivity index (χ0v) is 47.8. The van der Waals surface area contributed by atoms with E-state index in [4.69, 9.17) is 68.4 Å². The minimum Gasteiger partial charge on any atom is -0.481 e. The average Bonchev–Trinajstić information content (AvgIpc) is 3.40. The standard InChI is InChI=1S/C15H24O9.C14H27NO6.C13H22O9.C8H14O6/c1-11(16)8-22-15(20)23-10-12(9-21-2)24-14(19)7-5-3-4-6-13(17)18;1-12(16)9-20-14(17)21-11-13(10-18-2)19-8-6-4-3-5-7-15;1-10(15)7-20-12(16)21-9-11(8-18-2)22-13(17)19-6-4-3-5-14;1-6(9)3-13-8(11)14-5-7(10)4-12-2/h12H,3-10H2,1-2H3,(H,17,18);13H,3-11,15H2,1-2H3;11,14H,3-9H2,1-2H3;7,10H,3-5H2,1-2H3. The van der Waals surface area contributed by atoms with E-state index in [1.54, 1.807) is 7.11 Å². The highest BCUT2D eigenvalue weighted by Gasteiger charge is 2.20. The van der Waals surface area contributed by atoms with Crippen LogP contribution >= 0.6 is 0 Å². The summed E-state index contributed by atoms with van der Waals surface area (Å²) in [4.78, 5) is 120. The monoisotopic (exact) mass is 1180 g/mol. The van der Waals surface area contributed by atoms with Crippen LogP contribution < -0.4 is 5.73 Å². The number of aliphatic hydroxyl groups excluding tert-OH is 2. The van der Waals surface area contributed by atoms with Gasteiger partial charge in [0.2, 0.25) is 0 Å². The summed E-state index contributed by atoms with van der Waals surface area (Å²) in [5.41, 5.74) is 5.41. The molecule has 0 bridgehead atoms. The molecule has 0 saturated heterocycles. The van der Waals surface area contributed by atoms with Crippen molar-refractivity contribution in [3.8, 4) is 0 Å². The van der Waals surface area contributed by atoms with Crippen molar-refractivity contribution in [2.45, 2.75) is 123 Å². The summed E-state index contributed by atoms with van der Waals surface area (Å²) in [5.74, 6) is -2.53.